The highest BCUT2D eigenvalue weighted by atomic mass is 32.2. The van der Waals surface area contributed by atoms with Gasteiger partial charge in [-0.25, -0.2) is 4.98 Å². The summed E-state index contributed by atoms with van der Waals surface area (Å²) in [4.78, 5) is 6.31. The van der Waals surface area contributed by atoms with E-state index in [0.29, 0.717) is 0 Å². The molecule has 3 heterocycles. The van der Waals surface area contributed by atoms with E-state index in [2.05, 4.69) is 45.9 Å². The van der Waals surface area contributed by atoms with Crippen LogP contribution in [-0.4, -0.2) is 26.7 Å². The van der Waals surface area contributed by atoms with Crippen molar-refractivity contribution in [2.45, 2.75) is 11.4 Å². The van der Waals surface area contributed by atoms with E-state index in [1.807, 2.05) is 42.1 Å². The number of thioether (sulfide) groups is 2. The molecule has 0 atom stereocenters. The monoisotopic (exact) mass is 390 g/mol. The summed E-state index contributed by atoms with van der Waals surface area (Å²) in [6.07, 6.45) is 3.53. The molecule has 2 aromatic heterocycles. The van der Waals surface area contributed by atoms with E-state index in [1.54, 1.807) is 11.8 Å². The van der Waals surface area contributed by atoms with Gasteiger partial charge in [-0.3, -0.25) is 5.10 Å². The van der Waals surface area contributed by atoms with Crippen LogP contribution in [-0.2, 0) is 0 Å². The number of fused-ring (bicyclic) bond motifs is 2. The molecule has 0 unspecified atom stereocenters. The first-order chi connectivity index (χ1) is 13.4. The van der Waals surface area contributed by atoms with Crippen molar-refractivity contribution in [3.8, 4) is 0 Å². The number of benzene rings is 2. The summed E-state index contributed by atoms with van der Waals surface area (Å²) in [5, 5.41) is 14.3. The fraction of sp³-hybridized carbons (Fsp3) is 0.143. The van der Waals surface area contributed by atoms with Crippen molar-refractivity contribution in [1.82, 2.24) is 15.2 Å². The molecule has 0 amide bonds. The Morgan fingerprint density at radius 1 is 1.07 bits per heavy atom. The molecule has 134 valence electrons. The summed E-state index contributed by atoms with van der Waals surface area (Å²) in [7, 11) is 0. The summed E-state index contributed by atoms with van der Waals surface area (Å²) in [6.45, 7) is 0. The standard InChI is InChI=1S/C21H18N4S2/c1-3-9-17-15(7-1)19(12-20(22-17)27-13-14-6-5-11-26-14)23-21-16-8-2-4-10-18(16)24-25-21/h1-4,6-10,12H,5,11,13H2,(H2,22,23,24,25). The summed E-state index contributed by atoms with van der Waals surface area (Å²) in [5.41, 5.74) is 3.06. The molecule has 0 spiro atoms. The average Bonchev–Trinajstić information content (AvgIpc) is 3.37. The van der Waals surface area contributed by atoms with Crippen LogP contribution >= 0.6 is 23.5 Å². The fourth-order valence-corrected chi connectivity index (χ4v) is 5.25. The van der Waals surface area contributed by atoms with Gasteiger partial charge in [0.1, 0.15) is 0 Å². The number of aromatic nitrogens is 3. The normalized spacial score (nSPS) is 14.0. The summed E-state index contributed by atoms with van der Waals surface area (Å²) >= 11 is 3.75. The van der Waals surface area contributed by atoms with Gasteiger partial charge in [0, 0.05) is 22.3 Å². The smallest absolute Gasteiger partial charge is 0.160 e. The van der Waals surface area contributed by atoms with E-state index < -0.39 is 0 Å². The van der Waals surface area contributed by atoms with Crippen molar-refractivity contribution in [1.29, 1.82) is 0 Å². The number of H-pyrrole nitrogens is 1. The molecular formula is C21H18N4S2. The van der Waals surface area contributed by atoms with Gasteiger partial charge in [-0.1, -0.05) is 36.4 Å². The predicted octanol–water partition coefficient (Wildman–Crippen LogP) is 5.97. The van der Waals surface area contributed by atoms with E-state index in [1.165, 1.54) is 17.1 Å². The maximum atomic E-state index is 4.85. The molecular weight excluding hydrogens is 372 g/mol. The van der Waals surface area contributed by atoms with Gasteiger partial charge >= 0.3 is 0 Å². The van der Waals surface area contributed by atoms with E-state index in [4.69, 9.17) is 4.98 Å². The Kier molecular flexibility index (Phi) is 4.51. The predicted molar refractivity (Wildman–Crippen MR) is 117 cm³/mol. The minimum Gasteiger partial charge on any atom is -0.338 e. The van der Waals surface area contributed by atoms with E-state index in [-0.39, 0.29) is 0 Å². The second-order valence-corrected chi connectivity index (χ2v) is 8.58. The molecule has 0 bridgehead atoms. The molecule has 5 rings (SSSR count). The first-order valence-electron chi connectivity index (χ1n) is 8.91. The van der Waals surface area contributed by atoms with Crippen LogP contribution in [0.3, 0.4) is 0 Å². The van der Waals surface area contributed by atoms with Gasteiger partial charge < -0.3 is 5.32 Å². The van der Waals surface area contributed by atoms with Gasteiger partial charge in [0.25, 0.3) is 0 Å². The van der Waals surface area contributed by atoms with Gasteiger partial charge in [0.15, 0.2) is 5.82 Å². The Hall–Kier alpha value is -2.44. The largest absolute Gasteiger partial charge is 0.338 e. The second-order valence-electron chi connectivity index (χ2n) is 6.36. The molecule has 4 aromatic rings. The van der Waals surface area contributed by atoms with Crippen LogP contribution in [0, 0.1) is 0 Å². The zero-order valence-electron chi connectivity index (χ0n) is 14.6. The molecule has 0 fully saturated rings. The van der Waals surface area contributed by atoms with Crippen molar-refractivity contribution in [3.05, 3.63) is 65.6 Å². The van der Waals surface area contributed by atoms with Gasteiger partial charge in [-0.15, -0.1) is 23.5 Å². The number of hydrogen-bond acceptors (Lipinski definition) is 5. The first-order valence-corrected chi connectivity index (χ1v) is 10.9. The number of hydrogen-bond donors (Lipinski definition) is 2. The molecule has 0 saturated carbocycles. The van der Waals surface area contributed by atoms with Crippen LogP contribution in [0.2, 0.25) is 0 Å². The molecule has 4 nitrogen and oxygen atoms in total. The highest BCUT2D eigenvalue weighted by Crippen LogP contribution is 2.34. The lowest BCUT2D eigenvalue weighted by Gasteiger charge is -2.11. The minimum absolute atomic E-state index is 0.840. The first kappa shape index (κ1) is 16.7. The number of nitrogens with one attached hydrogen (secondary N) is 2. The highest BCUT2D eigenvalue weighted by Gasteiger charge is 2.12. The summed E-state index contributed by atoms with van der Waals surface area (Å²) < 4.78 is 0. The number of rotatable bonds is 5. The Morgan fingerprint density at radius 3 is 2.81 bits per heavy atom. The SMILES string of the molecule is C1=C(CSc2cc(Nc3n[nH]c4ccccc34)c3ccccc3n2)SCC1. The van der Waals surface area contributed by atoms with Gasteiger partial charge in [0.2, 0.25) is 0 Å². The van der Waals surface area contributed by atoms with Crippen molar-refractivity contribution in [2.24, 2.45) is 0 Å². The lowest BCUT2D eigenvalue weighted by atomic mass is 10.2. The molecule has 2 N–H and O–H groups in total. The maximum absolute atomic E-state index is 4.85. The summed E-state index contributed by atoms with van der Waals surface area (Å²) in [6, 6.07) is 18.5. The molecule has 27 heavy (non-hydrogen) atoms. The Bertz CT molecular complexity index is 1150. The van der Waals surface area contributed by atoms with Crippen LogP contribution in [0.1, 0.15) is 6.42 Å². The maximum Gasteiger partial charge on any atom is 0.160 e. The Morgan fingerprint density at radius 2 is 1.93 bits per heavy atom. The number of para-hydroxylation sites is 2. The molecule has 0 aliphatic carbocycles. The molecule has 1 aliphatic heterocycles. The highest BCUT2D eigenvalue weighted by molar-refractivity contribution is 8.06. The Labute approximate surface area is 165 Å². The molecule has 0 saturated heterocycles. The molecule has 1 aliphatic rings. The van der Waals surface area contributed by atoms with E-state index >= 15 is 0 Å². The molecule has 6 heteroatoms. The van der Waals surface area contributed by atoms with Gasteiger partial charge in [-0.05, 0) is 35.6 Å². The second kappa shape index (κ2) is 7.29. The topological polar surface area (TPSA) is 53.6 Å². The third-order valence-electron chi connectivity index (χ3n) is 4.56. The minimum atomic E-state index is 0.840. The van der Waals surface area contributed by atoms with Crippen molar-refractivity contribution in [3.63, 3.8) is 0 Å². The lowest BCUT2D eigenvalue weighted by molar-refractivity contribution is 1.12. The third-order valence-corrected chi connectivity index (χ3v) is 6.82. The van der Waals surface area contributed by atoms with Crippen LogP contribution in [0.5, 0.6) is 0 Å². The van der Waals surface area contributed by atoms with E-state index in [0.717, 1.165) is 44.1 Å². The number of nitrogens with zero attached hydrogens (tertiary/aromatic N) is 2. The molecule has 0 radical (unpaired) electrons. The van der Waals surface area contributed by atoms with Crippen LogP contribution in [0.4, 0.5) is 11.5 Å². The fourth-order valence-electron chi connectivity index (χ4n) is 3.23. The third kappa shape index (κ3) is 3.42. The molecule has 2 aromatic carbocycles. The van der Waals surface area contributed by atoms with Crippen LogP contribution < -0.4 is 5.32 Å². The van der Waals surface area contributed by atoms with Crippen LogP contribution in [0.15, 0.2) is 70.6 Å². The lowest BCUT2D eigenvalue weighted by Crippen LogP contribution is -1.95. The average molecular weight is 391 g/mol. The number of aromatic amines is 1. The van der Waals surface area contributed by atoms with E-state index in [9.17, 15) is 0 Å². The van der Waals surface area contributed by atoms with Gasteiger partial charge in [-0.2, -0.15) is 5.10 Å². The number of pyridine rings is 1. The van der Waals surface area contributed by atoms with Crippen molar-refractivity contribution >= 4 is 56.8 Å². The van der Waals surface area contributed by atoms with Crippen LogP contribution in [0.25, 0.3) is 21.8 Å². The Balaban J connectivity index is 1.51. The van der Waals surface area contributed by atoms with Crippen molar-refractivity contribution in [2.75, 3.05) is 16.8 Å². The summed E-state index contributed by atoms with van der Waals surface area (Å²) in [5.74, 6) is 3.04. The van der Waals surface area contributed by atoms with Crippen molar-refractivity contribution < 1.29 is 0 Å². The quantitative estimate of drug-likeness (QED) is 0.411. The zero-order valence-corrected chi connectivity index (χ0v) is 16.2. The van der Waals surface area contributed by atoms with Gasteiger partial charge in [0.05, 0.1) is 21.7 Å². The number of anilines is 2. The number of allylic oxidation sites excluding steroid dienone is 1. The zero-order chi connectivity index (χ0) is 18.1.